The Morgan fingerprint density at radius 3 is 3.00 bits per heavy atom. The number of amides is 1. The van der Waals surface area contributed by atoms with Gasteiger partial charge in [0.15, 0.2) is 0 Å². The molecule has 1 fully saturated rings. The highest BCUT2D eigenvalue weighted by molar-refractivity contribution is 5.95. The number of rotatable bonds is 6. The van der Waals surface area contributed by atoms with Gasteiger partial charge in [0.1, 0.15) is 29.8 Å². The topological polar surface area (TPSA) is 110 Å². The van der Waals surface area contributed by atoms with E-state index in [9.17, 15) is 15.0 Å². The smallest absolute Gasteiger partial charge is 0.254 e. The molecule has 0 saturated carbocycles. The summed E-state index contributed by atoms with van der Waals surface area (Å²) < 4.78 is 12.8. The van der Waals surface area contributed by atoms with E-state index in [1.165, 1.54) is 0 Å². The SMILES string of the molecule is Cc1oc([C@@H]2OC[C@@H](O)[C@H]2O)cc1C(=O)NCCCn1ccnc1. The molecule has 1 aliphatic heterocycles. The average Bonchev–Trinajstić information content (AvgIpc) is 3.27. The summed E-state index contributed by atoms with van der Waals surface area (Å²) in [5, 5.41) is 22.2. The normalized spacial score (nSPS) is 23.5. The number of aliphatic hydroxyl groups is 2. The van der Waals surface area contributed by atoms with E-state index >= 15 is 0 Å². The highest BCUT2D eigenvalue weighted by atomic mass is 16.5. The lowest BCUT2D eigenvalue weighted by molar-refractivity contribution is 0.0117. The Kier molecular flexibility index (Phi) is 4.98. The first kappa shape index (κ1) is 16.7. The molecule has 0 radical (unpaired) electrons. The molecule has 0 aliphatic carbocycles. The van der Waals surface area contributed by atoms with E-state index in [1.807, 2.05) is 10.8 Å². The fraction of sp³-hybridized carbons (Fsp3) is 0.500. The first-order chi connectivity index (χ1) is 11.6. The summed E-state index contributed by atoms with van der Waals surface area (Å²) in [6.45, 7) is 3.02. The molecule has 3 rings (SSSR count). The molecule has 8 heteroatoms. The van der Waals surface area contributed by atoms with E-state index < -0.39 is 18.3 Å². The molecule has 1 saturated heterocycles. The minimum atomic E-state index is -1.05. The zero-order valence-corrected chi connectivity index (χ0v) is 13.4. The lowest BCUT2D eigenvalue weighted by Crippen LogP contribution is -2.25. The monoisotopic (exact) mass is 335 g/mol. The zero-order chi connectivity index (χ0) is 17.1. The van der Waals surface area contributed by atoms with E-state index in [-0.39, 0.29) is 12.5 Å². The molecule has 0 aromatic carbocycles. The van der Waals surface area contributed by atoms with Crippen molar-refractivity contribution in [3.63, 3.8) is 0 Å². The molecule has 1 aliphatic rings. The Morgan fingerprint density at radius 2 is 2.33 bits per heavy atom. The highest BCUT2D eigenvalue weighted by Crippen LogP contribution is 2.32. The van der Waals surface area contributed by atoms with Crippen molar-refractivity contribution in [3.8, 4) is 0 Å². The second kappa shape index (κ2) is 7.16. The summed E-state index contributed by atoms with van der Waals surface area (Å²) in [5.74, 6) is 0.565. The van der Waals surface area contributed by atoms with Crippen LogP contribution in [0.3, 0.4) is 0 Å². The Bertz CT molecular complexity index is 682. The summed E-state index contributed by atoms with van der Waals surface area (Å²) in [7, 11) is 0. The van der Waals surface area contributed by atoms with E-state index in [2.05, 4.69) is 10.3 Å². The van der Waals surface area contributed by atoms with E-state index in [1.54, 1.807) is 25.5 Å². The summed E-state index contributed by atoms with van der Waals surface area (Å²) >= 11 is 0. The molecular formula is C16H21N3O5. The van der Waals surface area contributed by atoms with Crippen molar-refractivity contribution in [2.24, 2.45) is 0 Å². The van der Waals surface area contributed by atoms with Gasteiger partial charge in [-0.25, -0.2) is 4.98 Å². The molecular weight excluding hydrogens is 314 g/mol. The minimum Gasteiger partial charge on any atom is -0.463 e. The molecule has 2 aromatic heterocycles. The Balaban J connectivity index is 1.55. The number of nitrogens with zero attached hydrogens (tertiary/aromatic N) is 2. The molecule has 0 bridgehead atoms. The van der Waals surface area contributed by atoms with Crippen LogP contribution in [-0.2, 0) is 11.3 Å². The summed E-state index contributed by atoms with van der Waals surface area (Å²) in [6, 6.07) is 1.56. The maximum Gasteiger partial charge on any atom is 0.254 e. The van der Waals surface area contributed by atoms with Crippen LogP contribution in [0.25, 0.3) is 0 Å². The molecule has 3 N–H and O–H groups in total. The van der Waals surface area contributed by atoms with E-state index in [0.717, 1.165) is 13.0 Å². The van der Waals surface area contributed by atoms with Crippen molar-refractivity contribution in [1.29, 1.82) is 0 Å². The molecule has 3 atom stereocenters. The number of carbonyl (C=O) groups is 1. The molecule has 0 unspecified atom stereocenters. The van der Waals surface area contributed by atoms with Crippen molar-refractivity contribution in [2.75, 3.05) is 13.2 Å². The molecule has 3 heterocycles. The van der Waals surface area contributed by atoms with Gasteiger partial charge < -0.3 is 29.3 Å². The van der Waals surface area contributed by atoms with Gasteiger partial charge in [-0.05, 0) is 19.4 Å². The van der Waals surface area contributed by atoms with Gasteiger partial charge >= 0.3 is 0 Å². The van der Waals surface area contributed by atoms with Crippen LogP contribution >= 0.6 is 0 Å². The highest BCUT2D eigenvalue weighted by Gasteiger charge is 2.38. The fourth-order valence-electron chi connectivity index (χ4n) is 2.70. The van der Waals surface area contributed by atoms with Gasteiger partial charge in [0.05, 0.1) is 18.5 Å². The van der Waals surface area contributed by atoms with Crippen molar-refractivity contribution < 1.29 is 24.2 Å². The van der Waals surface area contributed by atoms with Gasteiger partial charge in [0, 0.05) is 25.5 Å². The van der Waals surface area contributed by atoms with E-state index in [4.69, 9.17) is 9.15 Å². The van der Waals surface area contributed by atoms with Crippen molar-refractivity contribution in [3.05, 3.63) is 41.9 Å². The molecule has 130 valence electrons. The zero-order valence-electron chi connectivity index (χ0n) is 13.4. The number of imidazole rings is 1. The van der Waals surface area contributed by atoms with Crippen LogP contribution in [0.4, 0.5) is 0 Å². The quantitative estimate of drug-likeness (QED) is 0.659. The molecule has 24 heavy (non-hydrogen) atoms. The predicted octanol–water partition coefficient (Wildman–Crippen LogP) is 0.398. The average molecular weight is 335 g/mol. The number of hydrogen-bond donors (Lipinski definition) is 3. The van der Waals surface area contributed by atoms with Crippen LogP contribution < -0.4 is 5.32 Å². The standard InChI is InChI=1S/C16H21N3O5/c1-10-11(7-13(24-10)15-14(21)12(20)8-23-15)16(22)18-3-2-5-19-6-4-17-9-19/h4,6-7,9,12,14-15,20-21H,2-3,5,8H2,1H3,(H,18,22)/t12-,14-,15+/m1/s1. The summed E-state index contributed by atoms with van der Waals surface area (Å²) in [6.07, 6.45) is 3.35. The van der Waals surface area contributed by atoms with E-state index in [0.29, 0.717) is 23.6 Å². The summed E-state index contributed by atoms with van der Waals surface area (Å²) in [5.41, 5.74) is 0.407. The third kappa shape index (κ3) is 3.50. The van der Waals surface area contributed by atoms with Gasteiger partial charge in [-0.15, -0.1) is 0 Å². The number of hydrogen-bond acceptors (Lipinski definition) is 6. The number of carbonyl (C=O) groups excluding carboxylic acids is 1. The lowest BCUT2D eigenvalue weighted by atomic mass is 10.1. The van der Waals surface area contributed by atoms with Gasteiger partial charge in [0.2, 0.25) is 0 Å². The molecule has 8 nitrogen and oxygen atoms in total. The fourth-order valence-corrected chi connectivity index (χ4v) is 2.70. The van der Waals surface area contributed by atoms with Crippen LogP contribution in [0, 0.1) is 6.92 Å². The molecule has 1 amide bonds. The maximum atomic E-state index is 12.3. The van der Waals surface area contributed by atoms with Crippen LogP contribution in [0.5, 0.6) is 0 Å². The number of aromatic nitrogens is 2. The maximum absolute atomic E-state index is 12.3. The molecule has 2 aromatic rings. The lowest BCUT2D eigenvalue weighted by Gasteiger charge is -2.11. The number of ether oxygens (including phenoxy) is 1. The minimum absolute atomic E-state index is 0.0430. The number of furan rings is 1. The second-order valence-corrected chi connectivity index (χ2v) is 5.84. The predicted molar refractivity (Wildman–Crippen MR) is 83.3 cm³/mol. The Hall–Kier alpha value is -2.16. The second-order valence-electron chi connectivity index (χ2n) is 5.84. The van der Waals surface area contributed by atoms with Crippen LogP contribution in [0.15, 0.2) is 29.2 Å². The largest absolute Gasteiger partial charge is 0.463 e. The van der Waals surface area contributed by atoms with Crippen molar-refractivity contribution >= 4 is 5.91 Å². The van der Waals surface area contributed by atoms with Gasteiger partial charge in [-0.1, -0.05) is 0 Å². The Labute approximate surface area is 139 Å². The van der Waals surface area contributed by atoms with Crippen LogP contribution in [0.1, 0.15) is 34.4 Å². The Morgan fingerprint density at radius 1 is 1.50 bits per heavy atom. The van der Waals surface area contributed by atoms with Crippen molar-refractivity contribution in [2.45, 2.75) is 38.2 Å². The third-order valence-electron chi connectivity index (χ3n) is 4.05. The van der Waals surface area contributed by atoms with Crippen molar-refractivity contribution in [1.82, 2.24) is 14.9 Å². The van der Waals surface area contributed by atoms with Gasteiger partial charge in [-0.3, -0.25) is 4.79 Å². The number of aryl methyl sites for hydroxylation is 2. The van der Waals surface area contributed by atoms with Crippen LogP contribution in [0.2, 0.25) is 0 Å². The summed E-state index contributed by atoms with van der Waals surface area (Å²) in [4.78, 5) is 16.2. The van der Waals surface area contributed by atoms with Crippen LogP contribution in [-0.4, -0.2) is 51.0 Å². The molecule has 0 spiro atoms. The van der Waals surface area contributed by atoms with Gasteiger partial charge in [0.25, 0.3) is 5.91 Å². The van der Waals surface area contributed by atoms with Gasteiger partial charge in [-0.2, -0.15) is 0 Å². The first-order valence-electron chi connectivity index (χ1n) is 7.88. The number of nitrogens with one attached hydrogen (secondary N) is 1. The third-order valence-corrected chi connectivity index (χ3v) is 4.05. The first-order valence-corrected chi connectivity index (χ1v) is 7.88. The number of aliphatic hydroxyl groups excluding tert-OH is 2.